The fourth-order valence-electron chi connectivity index (χ4n) is 2.09. The summed E-state index contributed by atoms with van der Waals surface area (Å²) in [6.07, 6.45) is 5.99. The number of hydrogen-bond acceptors (Lipinski definition) is 5. The summed E-state index contributed by atoms with van der Waals surface area (Å²) >= 11 is 0. The van der Waals surface area contributed by atoms with Gasteiger partial charge in [0.1, 0.15) is 18.2 Å². The maximum Gasteiger partial charge on any atom is 0.128 e. The third-order valence-electron chi connectivity index (χ3n) is 3.07. The first kappa shape index (κ1) is 10.7. The molecule has 88 valence electrons. The Hall–Kier alpha value is -2.48. The molecule has 0 N–H and O–H groups in total. The van der Waals surface area contributed by atoms with E-state index in [1.165, 1.54) is 5.56 Å². The van der Waals surface area contributed by atoms with Gasteiger partial charge in [0.25, 0.3) is 0 Å². The van der Waals surface area contributed by atoms with Gasteiger partial charge in [0.15, 0.2) is 0 Å². The van der Waals surface area contributed by atoms with E-state index in [-0.39, 0.29) is 0 Å². The van der Waals surface area contributed by atoms with Crippen molar-refractivity contribution in [3.63, 3.8) is 0 Å². The quantitative estimate of drug-likeness (QED) is 0.748. The SMILES string of the molecule is N#Cc1ccc(N2CCc3cncnc3C2)nc1. The zero-order valence-electron chi connectivity index (χ0n) is 9.74. The van der Waals surface area contributed by atoms with Crippen molar-refractivity contribution in [3.8, 4) is 6.07 Å². The van der Waals surface area contributed by atoms with Gasteiger partial charge in [-0.1, -0.05) is 0 Å². The first-order valence-electron chi connectivity index (χ1n) is 5.75. The Bertz CT molecular complexity index is 600. The topological polar surface area (TPSA) is 65.7 Å². The third kappa shape index (κ3) is 1.89. The first-order valence-corrected chi connectivity index (χ1v) is 5.75. The normalized spacial score (nSPS) is 13.8. The Balaban J connectivity index is 1.85. The molecule has 0 aliphatic carbocycles. The average Bonchev–Trinajstić information content (AvgIpc) is 2.47. The second-order valence-corrected chi connectivity index (χ2v) is 4.18. The first-order chi connectivity index (χ1) is 8.86. The largest absolute Gasteiger partial charge is 0.350 e. The van der Waals surface area contributed by atoms with Crippen molar-refractivity contribution < 1.29 is 0 Å². The molecule has 1 aliphatic heterocycles. The Morgan fingerprint density at radius 1 is 1.22 bits per heavy atom. The molecule has 5 heteroatoms. The summed E-state index contributed by atoms with van der Waals surface area (Å²) in [4.78, 5) is 14.8. The number of nitriles is 1. The number of rotatable bonds is 1. The molecule has 0 atom stereocenters. The third-order valence-corrected chi connectivity index (χ3v) is 3.07. The van der Waals surface area contributed by atoms with Crippen LogP contribution in [0, 0.1) is 11.3 Å². The fourth-order valence-corrected chi connectivity index (χ4v) is 2.09. The molecular weight excluding hydrogens is 226 g/mol. The monoisotopic (exact) mass is 237 g/mol. The van der Waals surface area contributed by atoms with Gasteiger partial charge in [0, 0.05) is 18.9 Å². The summed E-state index contributed by atoms with van der Waals surface area (Å²) in [5.74, 6) is 0.887. The minimum Gasteiger partial charge on any atom is -0.350 e. The van der Waals surface area contributed by atoms with Crippen LogP contribution in [0.2, 0.25) is 0 Å². The van der Waals surface area contributed by atoms with Crippen LogP contribution in [0.5, 0.6) is 0 Å². The zero-order valence-corrected chi connectivity index (χ0v) is 9.74. The van der Waals surface area contributed by atoms with Gasteiger partial charge >= 0.3 is 0 Å². The predicted molar refractivity (Wildman–Crippen MR) is 65.7 cm³/mol. The van der Waals surface area contributed by atoms with Gasteiger partial charge in [-0.15, -0.1) is 0 Å². The molecule has 5 nitrogen and oxygen atoms in total. The highest BCUT2D eigenvalue weighted by Crippen LogP contribution is 2.20. The molecule has 1 aliphatic rings. The second-order valence-electron chi connectivity index (χ2n) is 4.18. The van der Waals surface area contributed by atoms with Crippen molar-refractivity contribution >= 4 is 5.82 Å². The van der Waals surface area contributed by atoms with Crippen molar-refractivity contribution in [2.24, 2.45) is 0 Å². The molecule has 0 fully saturated rings. The van der Waals surface area contributed by atoms with Gasteiger partial charge < -0.3 is 4.90 Å². The Kier molecular flexibility index (Phi) is 2.61. The minimum absolute atomic E-state index is 0.582. The molecule has 0 aromatic carbocycles. The van der Waals surface area contributed by atoms with Crippen LogP contribution < -0.4 is 4.90 Å². The number of fused-ring (bicyclic) bond motifs is 1. The standard InChI is InChI=1S/C13H11N5/c14-5-10-1-2-13(16-6-10)18-4-3-11-7-15-9-17-12(11)8-18/h1-2,6-7,9H,3-4,8H2. The number of hydrogen-bond donors (Lipinski definition) is 0. The van der Waals surface area contributed by atoms with E-state index in [1.54, 1.807) is 18.6 Å². The van der Waals surface area contributed by atoms with Crippen LogP contribution in [0.25, 0.3) is 0 Å². The van der Waals surface area contributed by atoms with E-state index in [9.17, 15) is 0 Å². The van der Waals surface area contributed by atoms with Gasteiger partial charge in [0.2, 0.25) is 0 Å². The maximum absolute atomic E-state index is 8.75. The van der Waals surface area contributed by atoms with Gasteiger partial charge in [0.05, 0.1) is 17.8 Å². The summed E-state index contributed by atoms with van der Waals surface area (Å²) in [5, 5.41) is 8.75. The number of aromatic nitrogens is 3. The molecule has 2 aromatic rings. The molecule has 3 rings (SSSR count). The lowest BCUT2D eigenvalue weighted by molar-refractivity contribution is 0.694. The van der Waals surface area contributed by atoms with Crippen LogP contribution >= 0.6 is 0 Å². The van der Waals surface area contributed by atoms with Crippen molar-refractivity contribution in [3.05, 3.63) is 47.7 Å². The summed E-state index contributed by atoms with van der Waals surface area (Å²) in [5.41, 5.74) is 2.85. The fraction of sp³-hybridized carbons (Fsp3) is 0.231. The van der Waals surface area contributed by atoms with Gasteiger partial charge in [-0.3, -0.25) is 0 Å². The molecule has 0 amide bonds. The molecule has 0 bridgehead atoms. The van der Waals surface area contributed by atoms with E-state index in [2.05, 4.69) is 25.9 Å². The number of anilines is 1. The summed E-state index contributed by atoms with van der Waals surface area (Å²) < 4.78 is 0. The Morgan fingerprint density at radius 3 is 2.94 bits per heavy atom. The van der Waals surface area contributed by atoms with Crippen molar-refractivity contribution in [1.29, 1.82) is 5.26 Å². The lowest BCUT2D eigenvalue weighted by atomic mass is 10.1. The minimum atomic E-state index is 0.582. The van der Waals surface area contributed by atoms with Crippen molar-refractivity contribution in [2.45, 2.75) is 13.0 Å². The summed E-state index contributed by atoms with van der Waals surface area (Å²) in [6.45, 7) is 1.65. The molecule has 0 saturated heterocycles. The zero-order chi connectivity index (χ0) is 12.4. The second kappa shape index (κ2) is 4.41. The molecule has 0 radical (unpaired) electrons. The maximum atomic E-state index is 8.75. The molecular formula is C13H11N5. The van der Waals surface area contributed by atoms with Crippen molar-refractivity contribution in [1.82, 2.24) is 15.0 Å². The smallest absolute Gasteiger partial charge is 0.128 e. The number of nitrogens with zero attached hydrogens (tertiary/aromatic N) is 5. The van der Waals surface area contributed by atoms with E-state index in [0.717, 1.165) is 31.0 Å². The highest BCUT2D eigenvalue weighted by molar-refractivity contribution is 5.44. The summed E-state index contributed by atoms with van der Waals surface area (Å²) in [7, 11) is 0. The lowest BCUT2D eigenvalue weighted by Gasteiger charge is -2.28. The van der Waals surface area contributed by atoms with Crippen LogP contribution in [0.4, 0.5) is 5.82 Å². The molecule has 2 aromatic heterocycles. The average molecular weight is 237 g/mol. The Labute approximate surface area is 105 Å². The van der Waals surface area contributed by atoms with E-state index >= 15 is 0 Å². The van der Waals surface area contributed by atoms with E-state index in [0.29, 0.717) is 5.56 Å². The molecule has 0 unspecified atom stereocenters. The molecule has 18 heavy (non-hydrogen) atoms. The summed E-state index contributed by atoms with van der Waals surface area (Å²) in [6, 6.07) is 5.74. The highest BCUT2D eigenvalue weighted by Gasteiger charge is 2.18. The highest BCUT2D eigenvalue weighted by atomic mass is 15.2. The Morgan fingerprint density at radius 2 is 2.17 bits per heavy atom. The van der Waals surface area contributed by atoms with Gasteiger partial charge in [-0.2, -0.15) is 5.26 Å². The van der Waals surface area contributed by atoms with Crippen LogP contribution in [0.1, 0.15) is 16.8 Å². The van der Waals surface area contributed by atoms with Crippen molar-refractivity contribution in [2.75, 3.05) is 11.4 Å². The van der Waals surface area contributed by atoms with E-state index < -0.39 is 0 Å². The predicted octanol–water partition coefficient (Wildman–Crippen LogP) is 1.31. The van der Waals surface area contributed by atoms with Gasteiger partial charge in [-0.05, 0) is 24.1 Å². The lowest BCUT2D eigenvalue weighted by Crippen LogP contribution is -2.31. The van der Waals surface area contributed by atoms with Crippen LogP contribution in [-0.4, -0.2) is 21.5 Å². The molecule has 0 spiro atoms. The van der Waals surface area contributed by atoms with E-state index in [4.69, 9.17) is 5.26 Å². The molecule has 0 saturated carbocycles. The van der Waals surface area contributed by atoms with Gasteiger partial charge in [-0.25, -0.2) is 15.0 Å². The number of pyridine rings is 1. The van der Waals surface area contributed by atoms with Crippen LogP contribution in [0.15, 0.2) is 30.9 Å². The molecule has 3 heterocycles. The van der Waals surface area contributed by atoms with Crippen LogP contribution in [0.3, 0.4) is 0 Å². The van der Waals surface area contributed by atoms with Crippen LogP contribution in [-0.2, 0) is 13.0 Å². The van der Waals surface area contributed by atoms with E-state index in [1.807, 2.05) is 12.3 Å².